The Labute approximate surface area is 112 Å². The summed E-state index contributed by atoms with van der Waals surface area (Å²) in [5, 5.41) is 0. The summed E-state index contributed by atoms with van der Waals surface area (Å²) in [6.07, 6.45) is 6.49. The largest absolute Gasteiger partial charge is 0.289 e. The molecule has 1 aliphatic carbocycles. The van der Waals surface area contributed by atoms with Gasteiger partial charge >= 0.3 is 0 Å². The zero-order valence-electron chi connectivity index (χ0n) is 10.7. The molecule has 2 heteroatoms. The Balaban J connectivity index is 2.01. The molecule has 0 aliphatic heterocycles. The van der Waals surface area contributed by atoms with Gasteiger partial charge < -0.3 is 0 Å². The third kappa shape index (κ3) is 2.48. The van der Waals surface area contributed by atoms with E-state index >= 15 is 0 Å². The van der Waals surface area contributed by atoms with Gasteiger partial charge in [-0.15, -0.1) is 0 Å². The second-order valence-corrected chi connectivity index (χ2v) is 4.76. The number of ketones is 1. The van der Waals surface area contributed by atoms with Gasteiger partial charge in [0.15, 0.2) is 5.78 Å². The van der Waals surface area contributed by atoms with E-state index in [2.05, 4.69) is 11.1 Å². The van der Waals surface area contributed by atoms with Crippen LogP contribution in [-0.4, -0.2) is 10.8 Å². The van der Waals surface area contributed by atoms with Gasteiger partial charge in [-0.25, -0.2) is 0 Å². The molecule has 0 saturated heterocycles. The third-order valence-electron chi connectivity index (χ3n) is 3.46. The lowest BCUT2D eigenvalue weighted by molar-refractivity contribution is 0.103. The van der Waals surface area contributed by atoms with Gasteiger partial charge in [0.1, 0.15) is 0 Å². The van der Waals surface area contributed by atoms with Crippen LogP contribution in [0, 0.1) is 0 Å². The average molecular weight is 249 g/mol. The highest BCUT2D eigenvalue weighted by molar-refractivity contribution is 6.12. The van der Waals surface area contributed by atoms with Crippen molar-refractivity contribution >= 4 is 11.9 Å². The number of aryl methyl sites for hydroxylation is 1. The molecule has 2 aromatic rings. The fourth-order valence-corrected chi connectivity index (χ4v) is 2.49. The van der Waals surface area contributed by atoms with Crippen LogP contribution in [0.5, 0.6) is 0 Å². The molecule has 3 rings (SSSR count). The molecule has 0 saturated carbocycles. The number of hydrogen-bond acceptors (Lipinski definition) is 2. The van der Waals surface area contributed by atoms with Crippen molar-refractivity contribution in [1.29, 1.82) is 0 Å². The normalized spacial score (nSPS) is 17.1. The van der Waals surface area contributed by atoms with Crippen molar-refractivity contribution in [2.45, 2.75) is 19.3 Å². The minimum Gasteiger partial charge on any atom is -0.289 e. The number of hydrogen-bond donors (Lipinski definition) is 0. The smallest absolute Gasteiger partial charge is 0.189 e. The van der Waals surface area contributed by atoms with Crippen LogP contribution in [0.3, 0.4) is 0 Å². The van der Waals surface area contributed by atoms with Gasteiger partial charge in [-0.2, -0.15) is 0 Å². The van der Waals surface area contributed by atoms with Crippen LogP contribution < -0.4 is 0 Å². The SMILES string of the molecule is O=C1C(=Cc2ccccn2)CCCc2ccccc21. The van der Waals surface area contributed by atoms with E-state index in [0.29, 0.717) is 0 Å². The summed E-state index contributed by atoms with van der Waals surface area (Å²) in [6.45, 7) is 0. The maximum atomic E-state index is 12.5. The van der Waals surface area contributed by atoms with Gasteiger partial charge in [0.25, 0.3) is 0 Å². The minimum atomic E-state index is 0.152. The van der Waals surface area contributed by atoms with Gasteiger partial charge in [0, 0.05) is 17.3 Å². The number of benzene rings is 1. The molecule has 1 heterocycles. The average Bonchev–Trinajstić information content (AvgIpc) is 2.61. The maximum absolute atomic E-state index is 12.5. The first-order valence-corrected chi connectivity index (χ1v) is 6.59. The summed E-state index contributed by atoms with van der Waals surface area (Å²) in [5.41, 5.74) is 3.73. The summed E-state index contributed by atoms with van der Waals surface area (Å²) in [7, 11) is 0. The predicted molar refractivity (Wildman–Crippen MR) is 75.9 cm³/mol. The van der Waals surface area contributed by atoms with E-state index in [-0.39, 0.29) is 5.78 Å². The number of carbonyl (C=O) groups is 1. The van der Waals surface area contributed by atoms with Crippen molar-refractivity contribution in [3.8, 4) is 0 Å². The molecule has 0 spiro atoms. The molecule has 0 bridgehead atoms. The van der Waals surface area contributed by atoms with Crippen molar-refractivity contribution in [2.24, 2.45) is 0 Å². The molecular weight excluding hydrogens is 234 g/mol. The van der Waals surface area contributed by atoms with E-state index in [1.54, 1.807) is 6.20 Å². The zero-order valence-corrected chi connectivity index (χ0v) is 10.7. The van der Waals surface area contributed by atoms with E-state index in [1.807, 2.05) is 42.5 Å². The fourth-order valence-electron chi connectivity index (χ4n) is 2.49. The predicted octanol–water partition coefficient (Wildman–Crippen LogP) is 3.68. The van der Waals surface area contributed by atoms with Crippen LogP contribution in [0.1, 0.15) is 34.5 Å². The third-order valence-corrected chi connectivity index (χ3v) is 3.46. The Kier molecular flexibility index (Phi) is 3.23. The van der Waals surface area contributed by atoms with Gasteiger partial charge in [0.2, 0.25) is 0 Å². The van der Waals surface area contributed by atoms with E-state index < -0.39 is 0 Å². The van der Waals surface area contributed by atoms with Crippen LogP contribution >= 0.6 is 0 Å². The summed E-state index contributed by atoms with van der Waals surface area (Å²) >= 11 is 0. The van der Waals surface area contributed by atoms with Crippen molar-refractivity contribution < 1.29 is 4.79 Å². The van der Waals surface area contributed by atoms with E-state index in [0.717, 1.165) is 41.7 Å². The van der Waals surface area contributed by atoms with Crippen LogP contribution in [0.2, 0.25) is 0 Å². The second kappa shape index (κ2) is 5.19. The van der Waals surface area contributed by atoms with Crippen molar-refractivity contribution in [1.82, 2.24) is 4.98 Å². The number of Topliss-reactive ketones (excluding diaryl/α,β-unsaturated/α-hetero) is 1. The van der Waals surface area contributed by atoms with Crippen LogP contribution in [-0.2, 0) is 6.42 Å². The topological polar surface area (TPSA) is 30.0 Å². The standard InChI is InChI=1S/C17H15NO/c19-17-14(12-15-9-3-4-11-18-15)8-5-7-13-6-1-2-10-16(13)17/h1-4,6,9-12H,5,7-8H2. The first kappa shape index (κ1) is 11.8. The highest BCUT2D eigenvalue weighted by Crippen LogP contribution is 2.25. The zero-order chi connectivity index (χ0) is 13.1. The molecule has 0 fully saturated rings. The molecule has 1 aromatic heterocycles. The number of aromatic nitrogens is 1. The van der Waals surface area contributed by atoms with E-state index in [1.165, 1.54) is 0 Å². The number of rotatable bonds is 1. The van der Waals surface area contributed by atoms with Crippen molar-refractivity contribution in [3.05, 3.63) is 71.1 Å². The molecule has 94 valence electrons. The van der Waals surface area contributed by atoms with Gasteiger partial charge in [-0.05, 0) is 43.0 Å². The molecule has 19 heavy (non-hydrogen) atoms. The monoisotopic (exact) mass is 249 g/mol. The molecule has 0 amide bonds. The molecular formula is C17H15NO. The van der Waals surface area contributed by atoms with Crippen LogP contribution in [0.4, 0.5) is 0 Å². The highest BCUT2D eigenvalue weighted by Gasteiger charge is 2.19. The Hall–Kier alpha value is -2.22. The van der Waals surface area contributed by atoms with Crippen LogP contribution in [0.15, 0.2) is 54.2 Å². The molecule has 0 N–H and O–H groups in total. The number of carbonyl (C=O) groups excluding carboxylic acids is 1. The molecule has 0 radical (unpaired) electrons. The number of nitrogens with zero attached hydrogens (tertiary/aromatic N) is 1. The minimum absolute atomic E-state index is 0.152. The van der Waals surface area contributed by atoms with E-state index in [9.17, 15) is 4.79 Å². The van der Waals surface area contributed by atoms with E-state index in [4.69, 9.17) is 0 Å². The Bertz CT molecular complexity index is 629. The Morgan fingerprint density at radius 3 is 2.68 bits per heavy atom. The molecule has 1 aromatic carbocycles. The lowest BCUT2D eigenvalue weighted by atomic mass is 9.99. The first-order valence-electron chi connectivity index (χ1n) is 6.59. The first-order chi connectivity index (χ1) is 9.34. The number of allylic oxidation sites excluding steroid dienone is 1. The Morgan fingerprint density at radius 1 is 1.00 bits per heavy atom. The summed E-state index contributed by atoms with van der Waals surface area (Å²) < 4.78 is 0. The lowest BCUT2D eigenvalue weighted by Gasteiger charge is -2.04. The van der Waals surface area contributed by atoms with Gasteiger partial charge in [0.05, 0.1) is 5.69 Å². The molecule has 0 atom stereocenters. The van der Waals surface area contributed by atoms with Crippen LogP contribution in [0.25, 0.3) is 6.08 Å². The quantitative estimate of drug-likeness (QED) is 0.570. The summed E-state index contributed by atoms with van der Waals surface area (Å²) in [4.78, 5) is 16.8. The number of pyridine rings is 1. The van der Waals surface area contributed by atoms with Crippen molar-refractivity contribution in [3.63, 3.8) is 0 Å². The summed E-state index contributed by atoms with van der Waals surface area (Å²) in [5.74, 6) is 0.152. The molecule has 2 nitrogen and oxygen atoms in total. The molecule has 1 aliphatic rings. The van der Waals surface area contributed by atoms with Crippen molar-refractivity contribution in [2.75, 3.05) is 0 Å². The second-order valence-electron chi connectivity index (χ2n) is 4.76. The fraction of sp³-hybridized carbons (Fsp3) is 0.176. The maximum Gasteiger partial charge on any atom is 0.189 e. The van der Waals surface area contributed by atoms with Gasteiger partial charge in [-0.1, -0.05) is 30.3 Å². The lowest BCUT2D eigenvalue weighted by Crippen LogP contribution is -2.03. The van der Waals surface area contributed by atoms with Gasteiger partial charge in [-0.3, -0.25) is 9.78 Å². The Morgan fingerprint density at radius 2 is 1.84 bits per heavy atom. The molecule has 0 unspecified atom stereocenters. The number of fused-ring (bicyclic) bond motifs is 1. The summed E-state index contributed by atoms with van der Waals surface area (Å²) in [6, 6.07) is 13.7. The highest BCUT2D eigenvalue weighted by atomic mass is 16.1.